The van der Waals surface area contributed by atoms with E-state index >= 15 is 0 Å². The number of aliphatic hydroxyl groups is 2. The van der Waals surface area contributed by atoms with E-state index in [-0.39, 0.29) is 12.1 Å². The van der Waals surface area contributed by atoms with Gasteiger partial charge in [0.1, 0.15) is 0 Å². The molecule has 1 atom stereocenters. The lowest BCUT2D eigenvalue weighted by atomic mass is 10.1. The first kappa shape index (κ1) is 11.9. The van der Waals surface area contributed by atoms with Gasteiger partial charge in [-0.3, -0.25) is 10.1 Å². The molecule has 1 aromatic rings. The highest BCUT2D eigenvalue weighted by Crippen LogP contribution is 2.23. The molecule has 0 heterocycles. The van der Waals surface area contributed by atoms with E-state index in [9.17, 15) is 15.2 Å². The molecule has 0 aliphatic rings. The fourth-order valence-corrected chi connectivity index (χ4v) is 1.41. The van der Waals surface area contributed by atoms with Crippen molar-refractivity contribution in [2.45, 2.75) is 12.5 Å². The van der Waals surface area contributed by atoms with Crippen LogP contribution < -0.4 is 0 Å². The predicted octanol–water partition coefficient (Wildman–Crippen LogP) is 1.14. The molecule has 5 nitrogen and oxygen atoms in total. The van der Waals surface area contributed by atoms with Gasteiger partial charge in [-0.05, 0) is 12.1 Å². The monoisotopic (exact) mass is 231 g/mol. The van der Waals surface area contributed by atoms with Gasteiger partial charge in [-0.2, -0.15) is 0 Å². The minimum absolute atomic E-state index is 0.00731. The molecule has 0 spiro atoms. The van der Waals surface area contributed by atoms with Crippen LogP contribution in [0.15, 0.2) is 18.2 Å². The zero-order chi connectivity index (χ0) is 11.4. The number of nitro groups is 1. The minimum Gasteiger partial charge on any atom is -0.394 e. The number of hydrogen-bond acceptors (Lipinski definition) is 4. The molecule has 82 valence electrons. The number of rotatable bonds is 4. The molecule has 6 heteroatoms. The van der Waals surface area contributed by atoms with Crippen molar-refractivity contribution in [3.05, 3.63) is 38.9 Å². The summed E-state index contributed by atoms with van der Waals surface area (Å²) in [6.45, 7) is -0.441. The maximum atomic E-state index is 10.6. The summed E-state index contributed by atoms with van der Waals surface area (Å²) >= 11 is 5.68. The van der Waals surface area contributed by atoms with Crippen molar-refractivity contribution in [1.82, 2.24) is 0 Å². The van der Waals surface area contributed by atoms with Crippen molar-refractivity contribution in [2.75, 3.05) is 6.61 Å². The van der Waals surface area contributed by atoms with Crippen LogP contribution in [-0.2, 0) is 6.42 Å². The summed E-state index contributed by atoms with van der Waals surface area (Å²) in [6.07, 6.45) is -1.00. The van der Waals surface area contributed by atoms with Crippen molar-refractivity contribution >= 4 is 17.3 Å². The number of aliphatic hydroxyl groups excluding tert-OH is 2. The van der Waals surface area contributed by atoms with Crippen molar-refractivity contribution in [1.29, 1.82) is 0 Å². The predicted molar refractivity (Wildman–Crippen MR) is 54.9 cm³/mol. The molecule has 0 radical (unpaired) electrons. The maximum absolute atomic E-state index is 10.6. The molecule has 0 fully saturated rings. The summed E-state index contributed by atoms with van der Waals surface area (Å²) in [6, 6.07) is 4.11. The molecule has 0 amide bonds. The third kappa shape index (κ3) is 3.16. The van der Waals surface area contributed by atoms with Crippen molar-refractivity contribution in [3.8, 4) is 0 Å². The number of benzene rings is 1. The Balaban J connectivity index is 3.02. The highest BCUT2D eigenvalue weighted by Gasteiger charge is 2.16. The van der Waals surface area contributed by atoms with Crippen LogP contribution in [-0.4, -0.2) is 27.8 Å². The van der Waals surface area contributed by atoms with E-state index in [0.29, 0.717) is 10.6 Å². The van der Waals surface area contributed by atoms with Gasteiger partial charge in [-0.25, -0.2) is 0 Å². The van der Waals surface area contributed by atoms with Gasteiger partial charge >= 0.3 is 0 Å². The normalized spacial score (nSPS) is 12.5. The van der Waals surface area contributed by atoms with Crippen LogP contribution in [0.1, 0.15) is 5.56 Å². The van der Waals surface area contributed by atoms with Gasteiger partial charge in [0.05, 0.1) is 17.6 Å². The Kier molecular flexibility index (Phi) is 4.02. The van der Waals surface area contributed by atoms with E-state index in [0.717, 1.165) is 0 Å². The van der Waals surface area contributed by atoms with Crippen LogP contribution in [0, 0.1) is 10.1 Å². The Morgan fingerprint density at radius 3 is 2.73 bits per heavy atom. The zero-order valence-electron chi connectivity index (χ0n) is 7.76. The largest absolute Gasteiger partial charge is 0.394 e. The van der Waals surface area contributed by atoms with E-state index in [2.05, 4.69) is 0 Å². The summed E-state index contributed by atoms with van der Waals surface area (Å²) < 4.78 is 0. The van der Waals surface area contributed by atoms with Gasteiger partial charge in [0, 0.05) is 23.1 Å². The molecule has 0 aromatic heterocycles. The fraction of sp³-hybridized carbons (Fsp3) is 0.333. The second-order valence-electron chi connectivity index (χ2n) is 3.07. The van der Waals surface area contributed by atoms with Crippen LogP contribution in [0.4, 0.5) is 5.69 Å². The second kappa shape index (κ2) is 5.06. The van der Waals surface area contributed by atoms with Crippen molar-refractivity contribution < 1.29 is 15.1 Å². The summed E-state index contributed by atoms with van der Waals surface area (Å²) in [5, 5.41) is 28.8. The minimum atomic E-state index is -1.01. The van der Waals surface area contributed by atoms with E-state index in [1.165, 1.54) is 18.2 Å². The molecule has 0 aliphatic carbocycles. The number of nitrogens with zero attached hydrogens (tertiary/aromatic N) is 1. The molecule has 2 N–H and O–H groups in total. The first-order valence-electron chi connectivity index (χ1n) is 4.26. The van der Waals surface area contributed by atoms with Gasteiger partial charge in [0.25, 0.3) is 5.69 Å². The zero-order valence-corrected chi connectivity index (χ0v) is 8.52. The van der Waals surface area contributed by atoms with Gasteiger partial charge in [0.15, 0.2) is 0 Å². The van der Waals surface area contributed by atoms with Crippen LogP contribution in [0.5, 0.6) is 0 Å². The number of nitro benzene ring substituents is 1. The average molecular weight is 232 g/mol. The first-order valence-corrected chi connectivity index (χ1v) is 4.64. The topological polar surface area (TPSA) is 83.6 Å². The molecule has 15 heavy (non-hydrogen) atoms. The van der Waals surface area contributed by atoms with Gasteiger partial charge < -0.3 is 10.2 Å². The average Bonchev–Trinajstić information content (AvgIpc) is 2.17. The molecule has 1 aromatic carbocycles. The van der Waals surface area contributed by atoms with E-state index in [4.69, 9.17) is 16.7 Å². The molecule has 0 saturated heterocycles. The standard InChI is InChI=1S/C9H10ClNO4/c10-7-1-2-9(11(14)15)6(3-7)4-8(13)5-12/h1-3,8,12-13H,4-5H2. The van der Waals surface area contributed by atoms with Gasteiger partial charge in [-0.1, -0.05) is 11.6 Å². The fourth-order valence-electron chi connectivity index (χ4n) is 1.21. The Labute approximate surface area is 91.1 Å². The van der Waals surface area contributed by atoms with Crippen LogP contribution in [0.25, 0.3) is 0 Å². The Morgan fingerprint density at radius 2 is 2.20 bits per heavy atom. The Bertz CT molecular complexity index is 369. The highest BCUT2D eigenvalue weighted by molar-refractivity contribution is 6.30. The Morgan fingerprint density at radius 1 is 1.53 bits per heavy atom. The van der Waals surface area contributed by atoms with Gasteiger partial charge in [0.2, 0.25) is 0 Å². The lowest BCUT2D eigenvalue weighted by Gasteiger charge is -2.07. The summed E-state index contributed by atoms with van der Waals surface area (Å²) in [5.41, 5.74) is 0.209. The number of hydrogen-bond donors (Lipinski definition) is 2. The van der Waals surface area contributed by atoms with Crippen LogP contribution >= 0.6 is 11.6 Å². The SMILES string of the molecule is O=[N+]([O-])c1ccc(Cl)cc1CC(O)CO. The molecular weight excluding hydrogens is 222 g/mol. The number of halogens is 1. The van der Waals surface area contributed by atoms with Gasteiger partial charge in [-0.15, -0.1) is 0 Å². The van der Waals surface area contributed by atoms with Crippen molar-refractivity contribution in [2.24, 2.45) is 0 Å². The van der Waals surface area contributed by atoms with E-state index in [1.54, 1.807) is 0 Å². The second-order valence-corrected chi connectivity index (χ2v) is 3.51. The lowest BCUT2D eigenvalue weighted by molar-refractivity contribution is -0.385. The molecule has 1 unspecified atom stereocenters. The van der Waals surface area contributed by atoms with E-state index < -0.39 is 17.6 Å². The summed E-state index contributed by atoms with van der Waals surface area (Å²) in [4.78, 5) is 10.1. The highest BCUT2D eigenvalue weighted by atomic mass is 35.5. The third-order valence-corrected chi connectivity index (χ3v) is 2.14. The third-order valence-electron chi connectivity index (χ3n) is 1.90. The smallest absolute Gasteiger partial charge is 0.272 e. The Hall–Kier alpha value is -1.17. The molecule has 0 saturated carbocycles. The quantitative estimate of drug-likeness (QED) is 0.601. The van der Waals surface area contributed by atoms with Crippen molar-refractivity contribution in [3.63, 3.8) is 0 Å². The molecule has 0 aliphatic heterocycles. The molecular formula is C9H10ClNO4. The molecule has 1 rings (SSSR count). The lowest BCUT2D eigenvalue weighted by Crippen LogP contribution is -2.15. The van der Waals surface area contributed by atoms with Crippen LogP contribution in [0.2, 0.25) is 5.02 Å². The van der Waals surface area contributed by atoms with Crippen LogP contribution in [0.3, 0.4) is 0 Å². The summed E-state index contributed by atoms with van der Waals surface area (Å²) in [7, 11) is 0. The first-order chi connectivity index (χ1) is 7.04. The molecule has 0 bridgehead atoms. The summed E-state index contributed by atoms with van der Waals surface area (Å²) in [5.74, 6) is 0. The van der Waals surface area contributed by atoms with E-state index in [1.807, 2.05) is 0 Å². The maximum Gasteiger partial charge on any atom is 0.272 e.